The molecule has 0 unspecified atom stereocenters. The fraction of sp³-hybridized carbons (Fsp3) is 0.455. The number of fused-ring (bicyclic) bond motifs is 4. The minimum Gasteiger partial charge on any atom is -0.463 e. The Kier molecular flexibility index (Phi) is 9.31. The summed E-state index contributed by atoms with van der Waals surface area (Å²) >= 11 is 28.2. The highest BCUT2D eigenvalue weighted by molar-refractivity contribution is 6.37. The van der Waals surface area contributed by atoms with Crippen molar-refractivity contribution in [3.05, 3.63) is 90.9 Å². The SMILES string of the molecule is C=CC(=O)OCCCc1c(Cl)cc2c(c1Cl)C(C)(C)CC21CC(C)(C)c2c1cc(Cl)c(CCCOC(=O)C=C)c2Cl. The van der Waals surface area contributed by atoms with Crippen molar-refractivity contribution in [2.24, 2.45) is 0 Å². The Morgan fingerprint density at radius 2 is 1.12 bits per heavy atom. The van der Waals surface area contributed by atoms with Gasteiger partial charge in [-0.3, -0.25) is 0 Å². The summed E-state index contributed by atoms with van der Waals surface area (Å²) in [4.78, 5) is 22.9. The zero-order chi connectivity index (χ0) is 30.3. The second-order valence-corrected chi connectivity index (χ2v) is 13.9. The van der Waals surface area contributed by atoms with E-state index in [1.54, 1.807) is 0 Å². The second kappa shape index (κ2) is 12.0. The highest BCUT2D eigenvalue weighted by atomic mass is 35.5. The third-order valence-corrected chi connectivity index (χ3v) is 9.97. The average Bonchev–Trinajstić information content (AvgIpc) is 3.25. The van der Waals surface area contributed by atoms with E-state index in [9.17, 15) is 9.59 Å². The largest absolute Gasteiger partial charge is 0.463 e. The zero-order valence-electron chi connectivity index (χ0n) is 24.0. The number of benzene rings is 2. The number of esters is 2. The number of hydrogen-bond donors (Lipinski definition) is 0. The van der Waals surface area contributed by atoms with Gasteiger partial charge in [0.2, 0.25) is 0 Å². The van der Waals surface area contributed by atoms with Gasteiger partial charge in [0, 0.05) is 37.7 Å². The maximum atomic E-state index is 11.4. The van der Waals surface area contributed by atoms with Gasteiger partial charge < -0.3 is 9.47 Å². The monoisotopic (exact) mass is 636 g/mol. The van der Waals surface area contributed by atoms with Gasteiger partial charge in [-0.1, -0.05) is 87.3 Å². The van der Waals surface area contributed by atoms with Gasteiger partial charge in [0.15, 0.2) is 0 Å². The van der Waals surface area contributed by atoms with Gasteiger partial charge in [-0.25, -0.2) is 9.59 Å². The molecular weight excluding hydrogens is 602 g/mol. The lowest BCUT2D eigenvalue weighted by molar-refractivity contribution is -0.138. The summed E-state index contributed by atoms with van der Waals surface area (Å²) in [5, 5.41) is 2.57. The van der Waals surface area contributed by atoms with E-state index < -0.39 is 11.9 Å². The molecule has 0 fully saturated rings. The molecule has 0 N–H and O–H groups in total. The summed E-state index contributed by atoms with van der Waals surface area (Å²) in [5.74, 6) is -0.892. The van der Waals surface area contributed by atoms with Crippen LogP contribution in [0, 0.1) is 0 Å². The fourth-order valence-electron chi connectivity index (χ4n) is 7.09. The van der Waals surface area contributed by atoms with Gasteiger partial charge in [0.05, 0.1) is 13.2 Å². The number of carbonyl (C=O) groups is 2. The molecule has 0 bridgehead atoms. The van der Waals surface area contributed by atoms with Crippen LogP contribution in [0.5, 0.6) is 0 Å². The maximum Gasteiger partial charge on any atom is 0.330 e. The molecule has 8 heteroatoms. The van der Waals surface area contributed by atoms with Crippen LogP contribution in [0.2, 0.25) is 20.1 Å². The number of halogens is 4. The molecule has 0 saturated carbocycles. The molecule has 0 amide bonds. The van der Waals surface area contributed by atoms with Crippen LogP contribution < -0.4 is 0 Å². The Bertz CT molecular complexity index is 1320. The standard InChI is InChI=1S/C33H36Cl4O4/c1-7-25(38)40-13-9-11-19-23(34)15-21-27(29(19)36)31(3,4)17-33(21)18-32(5,6)28-22(33)16-24(35)20(30(28)37)12-10-14-41-26(39)8-2/h7-8,15-16H,1-2,9-14,17-18H2,3-6H3. The molecule has 0 heterocycles. The zero-order valence-corrected chi connectivity index (χ0v) is 27.0. The van der Waals surface area contributed by atoms with Crippen molar-refractivity contribution in [2.45, 2.75) is 82.5 Å². The summed E-state index contributed by atoms with van der Waals surface area (Å²) in [5.41, 5.74) is 5.38. The van der Waals surface area contributed by atoms with Crippen LogP contribution in [-0.2, 0) is 48.1 Å². The van der Waals surface area contributed by atoms with Crippen LogP contribution in [0.1, 0.15) is 86.8 Å². The third kappa shape index (κ3) is 5.83. The molecule has 2 aromatic rings. The number of rotatable bonds is 10. The molecule has 1 spiro atoms. The Balaban J connectivity index is 1.75. The van der Waals surface area contributed by atoms with Crippen LogP contribution in [0.3, 0.4) is 0 Å². The van der Waals surface area contributed by atoms with Crippen molar-refractivity contribution in [3.63, 3.8) is 0 Å². The smallest absolute Gasteiger partial charge is 0.330 e. The molecule has 2 aliphatic carbocycles. The van der Waals surface area contributed by atoms with Crippen molar-refractivity contribution in [3.8, 4) is 0 Å². The van der Waals surface area contributed by atoms with Crippen molar-refractivity contribution in [1.29, 1.82) is 0 Å². The van der Waals surface area contributed by atoms with Gasteiger partial charge in [0.1, 0.15) is 0 Å². The van der Waals surface area contributed by atoms with E-state index in [0.29, 0.717) is 45.8 Å². The molecule has 2 aliphatic rings. The Morgan fingerprint density at radius 3 is 1.46 bits per heavy atom. The minimum absolute atomic E-state index is 0.231. The lowest BCUT2D eigenvalue weighted by atomic mass is 9.72. The summed E-state index contributed by atoms with van der Waals surface area (Å²) < 4.78 is 10.3. The summed E-state index contributed by atoms with van der Waals surface area (Å²) in [7, 11) is 0. The van der Waals surface area contributed by atoms with Gasteiger partial charge in [-0.15, -0.1) is 0 Å². The van der Waals surface area contributed by atoms with E-state index >= 15 is 0 Å². The van der Waals surface area contributed by atoms with Crippen molar-refractivity contribution >= 4 is 58.3 Å². The molecular formula is C33H36Cl4O4. The highest BCUT2D eigenvalue weighted by Gasteiger charge is 2.58. The molecule has 0 aliphatic heterocycles. The molecule has 0 saturated heterocycles. The normalized spacial score (nSPS) is 17.2. The highest BCUT2D eigenvalue weighted by Crippen LogP contribution is 2.66. The van der Waals surface area contributed by atoms with Gasteiger partial charge >= 0.3 is 11.9 Å². The first kappa shape index (κ1) is 31.9. The topological polar surface area (TPSA) is 52.6 Å². The van der Waals surface area contributed by atoms with Crippen LogP contribution in [0.15, 0.2) is 37.4 Å². The second-order valence-electron chi connectivity index (χ2n) is 12.3. The lowest BCUT2D eigenvalue weighted by Crippen LogP contribution is -2.27. The fourth-order valence-corrected chi connectivity index (χ4v) is 8.89. The first-order valence-corrected chi connectivity index (χ1v) is 15.3. The van der Waals surface area contributed by atoms with Crippen LogP contribution in [0.4, 0.5) is 0 Å². The van der Waals surface area contributed by atoms with Gasteiger partial charge in [0.25, 0.3) is 0 Å². The molecule has 0 aromatic heterocycles. The molecule has 4 nitrogen and oxygen atoms in total. The Morgan fingerprint density at radius 1 is 0.756 bits per heavy atom. The van der Waals surface area contributed by atoms with E-state index in [1.165, 1.54) is 0 Å². The van der Waals surface area contributed by atoms with E-state index in [-0.39, 0.29) is 29.5 Å². The van der Waals surface area contributed by atoms with Crippen molar-refractivity contribution < 1.29 is 19.1 Å². The minimum atomic E-state index is -0.446. The summed E-state index contributed by atoms with van der Waals surface area (Å²) in [6.45, 7) is 16.3. The Hall–Kier alpha value is -1.98. The quantitative estimate of drug-likeness (QED) is 0.148. The molecule has 220 valence electrons. The first-order chi connectivity index (χ1) is 19.2. The van der Waals surface area contributed by atoms with Gasteiger partial charge in [-0.2, -0.15) is 0 Å². The van der Waals surface area contributed by atoms with Crippen LogP contribution >= 0.6 is 46.4 Å². The molecule has 41 heavy (non-hydrogen) atoms. The Labute approximate surface area is 263 Å². The van der Waals surface area contributed by atoms with Crippen molar-refractivity contribution in [2.75, 3.05) is 13.2 Å². The predicted molar refractivity (Wildman–Crippen MR) is 168 cm³/mol. The van der Waals surface area contributed by atoms with E-state index in [0.717, 1.165) is 58.4 Å². The van der Waals surface area contributed by atoms with E-state index in [1.807, 2.05) is 0 Å². The average molecular weight is 638 g/mol. The summed E-state index contributed by atoms with van der Waals surface area (Å²) in [6, 6.07) is 4.16. The number of carbonyl (C=O) groups excluding carboxylic acids is 2. The van der Waals surface area contributed by atoms with Gasteiger partial charge in [-0.05, 0) is 94.9 Å². The van der Waals surface area contributed by atoms with Crippen LogP contribution in [-0.4, -0.2) is 25.2 Å². The van der Waals surface area contributed by atoms with Crippen LogP contribution in [0.25, 0.3) is 0 Å². The molecule has 0 radical (unpaired) electrons. The summed E-state index contributed by atoms with van der Waals surface area (Å²) in [6.07, 6.45) is 6.35. The number of hydrogen-bond acceptors (Lipinski definition) is 4. The maximum absolute atomic E-state index is 11.4. The molecule has 4 rings (SSSR count). The molecule has 2 aromatic carbocycles. The third-order valence-electron chi connectivity index (χ3n) is 8.46. The first-order valence-electron chi connectivity index (χ1n) is 13.8. The molecule has 0 atom stereocenters. The van der Waals surface area contributed by atoms with E-state index in [2.05, 4.69) is 53.0 Å². The lowest BCUT2D eigenvalue weighted by Gasteiger charge is -2.30. The predicted octanol–water partition coefficient (Wildman–Crippen LogP) is 9.27. The number of ether oxygens (including phenoxy) is 2. The van der Waals surface area contributed by atoms with Crippen molar-refractivity contribution in [1.82, 2.24) is 0 Å². The van der Waals surface area contributed by atoms with E-state index in [4.69, 9.17) is 55.9 Å².